The number of rotatable bonds is 5. The van der Waals surface area contributed by atoms with Crippen molar-refractivity contribution in [2.24, 2.45) is 0 Å². The standard InChI is InChI=1S/C17H20BrN3O2S/c1-23-15(22)11-24-17-20-19-16(12-7-9-13(18)10-8-12)21(17)14-5-3-2-4-6-14/h7-10,14H,2-6,11H2,1H3. The lowest BCUT2D eigenvalue weighted by molar-refractivity contribution is -0.137. The van der Waals surface area contributed by atoms with Gasteiger partial charge in [-0.05, 0) is 25.0 Å². The van der Waals surface area contributed by atoms with Crippen molar-refractivity contribution in [3.63, 3.8) is 0 Å². The molecule has 0 N–H and O–H groups in total. The predicted molar refractivity (Wildman–Crippen MR) is 98.0 cm³/mol. The Kier molecular flexibility index (Phi) is 5.94. The van der Waals surface area contributed by atoms with Gasteiger partial charge in [0.15, 0.2) is 11.0 Å². The number of hydrogen-bond donors (Lipinski definition) is 0. The topological polar surface area (TPSA) is 57.0 Å². The molecule has 0 bridgehead atoms. The van der Waals surface area contributed by atoms with Gasteiger partial charge in [0.2, 0.25) is 0 Å². The molecule has 24 heavy (non-hydrogen) atoms. The summed E-state index contributed by atoms with van der Waals surface area (Å²) in [4.78, 5) is 11.5. The average Bonchev–Trinajstić information content (AvgIpc) is 3.05. The maximum absolute atomic E-state index is 11.5. The Labute approximate surface area is 154 Å². The first-order valence-corrected chi connectivity index (χ1v) is 9.87. The number of halogens is 1. The summed E-state index contributed by atoms with van der Waals surface area (Å²) in [7, 11) is 1.40. The molecule has 1 aromatic carbocycles. The summed E-state index contributed by atoms with van der Waals surface area (Å²) >= 11 is 4.87. The fraction of sp³-hybridized carbons (Fsp3) is 0.471. The number of ether oxygens (including phenoxy) is 1. The van der Waals surface area contributed by atoms with Crippen molar-refractivity contribution < 1.29 is 9.53 Å². The highest BCUT2D eigenvalue weighted by atomic mass is 79.9. The normalized spacial score (nSPS) is 15.4. The first kappa shape index (κ1) is 17.5. The van der Waals surface area contributed by atoms with E-state index < -0.39 is 0 Å². The maximum atomic E-state index is 11.5. The summed E-state index contributed by atoms with van der Waals surface area (Å²) in [5, 5.41) is 9.57. The summed E-state index contributed by atoms with van der Waals surface area (Å²) in [5.74, 6) is 0.881. The van der Waals surface area contributed by atoms with Crippen LogP contribution in [-0.2, 0) is 9.53 Å². The van der Waals surface area contributed by atoms with Crippen LogP contribution in [0.4, 0.5) is 0 Å². The second-order valence-electron chi connectivity index (χ2n) is 5.84. The van der Waals surface area contributed by atoms with E-state index >= 15 is 0 Å². The van der Waals surface area contributed by atoms with Crippen molar-refractivity contribution in [2.75, 3.05) is 12.9 Å². The van der Waals surface area contributed by atoms with E-state index in [1.807, 2.05) is 24.3 Å². The number of carbonyl (C=O) groups excluding carboxylic acids is 1. The van der Waals surface area contributed by atoms with Crippen molar-refractivity contribution in [3.05, 3.63) is 28.7 Å². The quantitative estimate of drug-likeness (QED) is 0.538. The van der Waals surface area contributed by atoms with E-state index in [4.69, 9.17) is 4.74 Å². The number of thioether (sulfide) groups is 1. The largest absolute Gasteiger partial charge is 0.468 e. The van der Waals surface area contributed by atoms with Crippen LogP contribution in [0.15, 0.2) is 33.9 Å². The molecule has 7 heteroatoms. The summed E-state index contributed by atoms with van der Waals surface area (Å²) in [6.45, 7) is 0. The molecule has 0 atom stereocenters. The van der Waals surface area contributed by atoms with E-state index in [2.05, 4.69) is 30.7 Å². The Hall–Kier alpha value is -1.34. The molecule has 0 aliphatic heterocycles. The fourth-order valence-electron chi connectivity index (χ4n) is 3.02. The van der Waals surface area contributed by atoms with Crippen molar-refractivity contribution in [3.8, 4) is 11.4 Å². The molecule has 0 radical (unpaired) electrons. The predicted octanol–water partition coefficient (Wildman–Crippen LogP) is 4.48. The van der Waals surface area contributed by atoms with Crippen molar-refractivity contribution in [1.29, 1.82) is 0 Å². The minimum Gasteiger partial charge on any atom is -0.468 e. The summed E-state index contributed by atoms with van der Waals surface area (Å²) in [5.41, 5.74) is 1.04. The molecule has 5 nitrogen and oxygen atoms in total. The van der Waals surface area contributed by atoms with Gasteiger partial charge in [-0.1, -0.05) is 59.1 Å². The monoisotopic (exact) mass is 409 g/mol. The molecule has 0 spiro atoms. The van der Waals surface area contributed by atoms with E-state index in [-0.39, 0.29) is 11.7 Å². The van der Waals surface area contributed by atoms with Crippen molar-refractivity contribution in [1.82, 2.24) is 14.8 Å². The smallest absolute Gasteiger partial charge is 0.316 e. The second kappa shape index (κ2) is 8.16. The molecule has 1 aliphatic rings. The highest BCUT2D eigenvalue weighted by molar-refractivity contribution is 9.10. The van der Waals surface area contributed by atoms with Crippen LogP contribution in [0.3, 0.4) is 0 Å². The molecular weight excluding hydrogens is 390 g/mol. The molecule has 2 aromatic rings. The molecule has 3 rings (SSSR count). The van der Waals surface area contributed by atoms with E-state index in [0.29, 0.717) is 6.04 Å². The van der Waals surface area contributed by atoms with Gasteiger partial charge >= 0.3 is 5.97 Å². The average molecular weight is 410 g/mol. The Morgan fingerprint density at radius 1 is 1.25 bits per heavy atom. The van der Waals surface area contributed by atoms with Crippen molar-refractivity contribution in [2.45, 2.75) is 43.3 Å². The molecule has 0 amide bonds. The zero-order valence-electron chi connectivity index (χ0n) is 13.6. The molecule has 0 unspecified atom stereocenters. The number of benzene rings is 1. The Morgan fingerprint density at radius 3 is 2.62 bits per heavy atom. The van der Waals surface area contributed by atoms with Gasteiger partial charge in [0, 0.05) is 16.1 Å². The van der Waals surface area contributed by atoms with Gasteiger partial charge in [0.25, 0.3) is 0 Å². The second-order valence-corrected chi connectivity index (χ2v) is 7.70. The van der Waals surface area contributed by atoms with Gasteiger partial charge in [-0.15, -0.1) is 10.2 Å². The van der Waals surface area contributed by atoms with Crippen LogP contribution in [0.1, 0.15) is 38.1 Å². The van der Waals surface area contributed by atoms with E-state index in [9.17, 15) is 4.79 Å². The summed E-state index contributed by atoms with van der Waals surface area (Å²) in [6, 6.07) is 8.50. The zero-order valence-corrected chi connectivity index (χ0v) is 16.0. The first-order chi connectivity index (χ1) is 11.7. The number of carbonyl (C=O) groups is 1. The molecular formula is C17H20BrN3O2S. The van der Waals surface area contributed by atoms with Gasteiger partial charge < -0.3 is 4.74 Å². The van der Waals surface area contributed by atoms with E-state index in [0.717, 1.165) is 33.9 Å². The molecule has 1 fully saturated rings. The number of esters is 1. The van der Waals surface area contributed by atoms with Gasteiger partial charge in [-0.25, -0.2) is 0 Å². The molecule has 128 valence electrons. The number of methoxy groups -OCH3 is 1. The lowest BCUT2D eigenvalue weighted by Gasteiger charge is -2.25. The summed E-state index contributed by atoms with van der Waals surface area (Å²) in [6.07, 6.45) is 6.01. The summed E-state index contributed by atoms with van der Waals surface area (Å²) < 4.78 is 8.00. The van der Waals surface area contributed by atoms with Crippen LogP contribution in [0.5, 0.6) is 0 Å². The molecule has 1 aromatic heterocycles. The molecule has 1 heterocycles. The Bertz CT molecular complexity index is 696. The number of nitrogens with zero attached hydrogens (tertiary/aromatic N) is 3. The third-order valence-electron chi connectivity index (χ3n) is 4.25. The van der Waals surface area contributed by atoms with Crippen LogP contribution in [0.25, 0.3) is 11.4 Å². The van der Waals surface area contributed by atoms with Crippen molar-refractivity contribution >= 4 is 33.7 Å². The Morgan fingerprint density at radius 2 is 1.96 bits per heavy atom. The van der Waals surface area contributed by atoms with Gasteiger partial charge in [0.1, 0.15) is 0 Å². The molecule has 0 saturated heterocycles. The van der Waals surface area contributed by atoms with Crippen LogP contribution in [-0.4, -0.2) is 33.6 Å². The fourth-order valence-corrected chi connectivity index (χ4v) is 4.12. The maximum Gasteiger partial charge on any atom is 0.316 e. The zero-order chi connectivity index (χ0) is 16.9. The van der Waals surface area contributed by atoms with Crippen LogP contribution in [0.2, 0.25) is 0 Å². The third kappa shape index (κ3) is 4.00. The number of hydrogen-bond acceptors (Lipinski definition) is 5. The lowest BCUT2D eigenvalue weighted by atomic mass is 9.95. The van der Waals surface area contributed by atoms with E-state index in [1.165, 1.54) is 38.1 Å². The van der Waals surface area contributed by atoms with E-state index in [1.54, 1.807) is 0 Å². The Balaban J connectivity index is 1.93. The first-order valence-electron chi connectivity index (χ1n) is 8.09. The minimum absolute atomic E-state index is 0.247. The van der Waals surface area contributed by atoms with Crippen LogP contribution >= 0.6 is 27.7 Å². The SMILES string of the molecule is COC(=O)CSc1nnc(-c2ccc(Br)cc2)n1C1CCCCC1. The lowest BCUT2D eigenvalue weighted by Crippen LogP contribution is -2.15. The number of aromatic nitrogens is 3. The van der Waals surface area contributed by atoms with Crippen LogP contribution < -0.4 is 0 Å². The highest BCUT2D eigenvalue weighted by Gasteiger charge is 2.24. The van der Waals surface area contributed by atoms with Gasteiger partial charge in [-0.2, -0.15) is 0 Å². The minimum atomic E-state index is -0.247. The molecule has 1 saturated carbocycles. The highest BCUT2D eigenvalue weighted by Crippen LogP contribution is 2.35. The van der Waals surface area contributed by atoms with Gasteiger partial charge in [-0.3, -0.25) is 9.36 Å². The van der Waals surface area contributed by atoms with Crippen LogP contribution in [0, 0.1) is 0 Å². The third-order valence-corrected chi connectivity index (χ3v) is 5.70. The van der Waals surface area contributed by atoms with Gasteiger partial charge in [0.05, 0.1) is 12.9 Å². The molecule has 1 aliphatic carbocycles.